The molecule has 0 atom stereocenters. The summed E-state index contributed by atoms with van der Waals surface area (Å²) in [7, 11) is 0. The summed E-state index contributed by atoms with van der Waals surface area (Å²) in [5.74, 6) is 5.20. The summed E-state index contributed by atoms with van der Waals surface area (Å²) in [6, 6.07) is 8.28. The molecular formula is C11H9ClIN5O. The van der Waals surface area contributed by atoms with Gasteiger partial charge in [0.2, 0.25) is 0 Å². The van der Waals surface area contributed by atoms with Crippen LogP contribution in [0.25, 0.3) is 0 Å². The van der Waals surface area contributed by atoms with Crippen LogP contribution in [-0.2, 0) is 0 Å². The molecule has 8 heteroatoms. The third kappa shape index (κ3) is 3.52. The van der Waals surface area contributed by atoms with Crippen molar-refractivity contribution in [3.05, 3.63) is 44.6 Å². The molecule has 0 aliphatic carbocycles. The lowest BCUT2D eigenvalue weighted by molar-refractivity contribution is 0.102. The predicted octanol–water partition coefficient (Wildman–Crippen LogP) is 2.27. The quantitative estimate of drug-likeness (QED) is 0.425. The van der Waals surface area contributed by atoms with Crippen LogP contribution < -0.4 is 16.6 Å². The number of nitrogen functional groups attached to an aromatic ring is 1. The molecule has 19 heavy (non-hydrogen) atoms. The first kappa shape index (κ1) is 14.0. The van der Waals surface area contributed by atoms with Crippen molar-refractivity contribution in [1.29, 1.82) is 0 Å². The summed E-state index contributed by atoms with van der Waals surface area (Å²) in [4.78, 5) is 11.9. The van der Waals surface area contributed by atoms with Gasteiger partial charge in [0.05, 0.1) is 5.69 Å². The monoisotopic (exact) mass is 389 g/mol. The van der Waals surface area contributed by atoms with E-state index in [9.17, 15) is 4.79 Å². The molecule has 0 fully saturated rings. The maximum absolute atomic E-state index is 11.9. The number of hydrogen-bond donors (Lipinski definition) is 3. The number of hydrazine groups is 1. The Morgan fingerprint density at radius 3 is 2.63 bits per heavy atom. The molecular weight excluding hydrogens is 381 g/mol. The van der Waals surface area contributed by atoms with Crippen molar-refractivity contribution in [3.8, 4) is 0 Å². The van der Waals surface area contributed by atoms with Crippen LogP contribution in [0.3, 0.4) is 0 Å². The summed E-state index contributed by atoms with van der Waals surface area (Å²) in [5, 5.41) is 10.8. The van der Waals surface area contributed by atoms with Crippen molar-refractivity contribution in [2.75, 3.05) is 10.7 Å². The van der Waals surface area contributed by atoms with Crippen LogP contribution in [0.15, 0.2) is 30.3 Å². The number of amides is 1. The van der Waals surface area contributed by atoms with Crippen LogP contribution in [-0.4, -0.2) is 16.1 Å². The normalized spacial score (nSPS) is 10.1. The lowest BCUT2D eigenvalue weighted by atomic mass is 10.3. The number of nitrogens with one attached hydrogen (secondary N) is 2. The zero-order chi connectivity index (χ0) is 13.8. The van der Waals surface area contributed by atoms with Crippen molar-refractivity contribution < 1.29 is 4.79 Å². The van der Waals surface area contributed by atoms with E-state index in [-0.39, 0.29) is 11.6 Å². The molecule has 4 N–H and O–H groups in total. The van der Waals surface area contributed by atoms with E-state index in [1.807, 2.05) is 0 Å². The molecule has 1 amide bonds. The maximum Gasteiger partial charge on any atom is 0.276 e. The lowest BCUT2D eigenvalue weighted by Gasteiger charge is -2.07. The van der Waals surface area contributed by atoms with Crippen molar-refractivity contribution in [2.45, 2.75) is 0 Å². The number of nitrogens with zero attached hydrogens (tertiary/aromatic N) is 2. The summed E-state index contributed by atoms with van der Waals surface area (Å²) in [5.41, 5.74) is 3.20. The van der Waals surface area contributed by atoms with Crippen molar-refractivity contribution >= 4 is 51.6 Å². The molecule has 2 rings (SSSR count). The lowest BCUT2D eigenvalue weighted by Crippen LogP contribution is -2.16. The van der Waals surface area contributed by atoms with Crippen LogP contribution in [0, 0.1) is 3.57 Å². The van der Waals surface area contributed by atoms with Gasteiger partial charge in [-0.1, -0.05) is 11.6 Å². The summed E-state index contributed by atoms with van der Waals surface area (Å²) in [6.45, 7) is 0. The van der Waals surface area contributed by atoms with E-state index in [0.717, 1.165) is 3.57 Å². The molecule has 0 radical (unpaired) electrons. The molecule has 6 nitrogen and oxygen atoms in total. The molecule has 0 aliphatic rings. The summed E-state index contributed by atoms with van der Waals surface area (Å²) >= 11 is 7.93. The van der Waals surface area contributed by atoms with Crippen LogP contribution in [0.4, 0.5) is 11.5 Å². The molecule has 0 saturated heterocycles. The zero-order valence-corrected chi connectivity index (χ0v) is 12.4. The first-order chi connectivity index (χ1) is 9.10. The maximum atomic E-state index is 11.9. The highest BCUT2D eigenvalue weighted by Gasteiger charge is 2.10. The Bertz CT molecular complexity index is 605. The Labute approximate surface area is 127 Å². The van der Waals surface area contributed by atoms with Gasteiger partial charge in [-0.15, -0.1) is 10.2 Å². The minimum Gasteiger partial charge on any atom is -0.320 e. The van der Waals surface area contributed by atoms with Crippen LogP contribution in [0.2, 0.25) is 5.02 Å². The Morgan fingerprint density at radius 1 is 1.26 bits per heavy atom. The van der Waals surface area contributed by atoms with Crippen molar-refractivity contribution in [3.63, 3.8) is 0 Å². The van der Waals surface area contributed by atoms with Crippen LogP contribution in [0.5, 0.6) is 0 Å². The number of benzene rings is 1. The molecule has 2 aromatic rings. The Kier molecular flexibility index (Phi) is 4.51. The third-order valence-corrected chi connectivity index (χ3v) is 3.35. The van der Waals surface area contributed by atoms with Gasteiger partial charge in [0, 0.05) is 8.59 Å². The number of hydrogen-bond acceptors (Lipinski definition) is 5. The van der Waals surface area contributed by atoms with Gasteiger partial charge in [-0.25, -0.2) is 5.84 Å². The molecule has 0 bridgehead atoms. The second-order valence-electron chi connectivity index (χ2n) is 3.53. The molecule has 0 saturated carbocycles. The van der Waals surface area contributed by atoms with E-state index in [2.05, 4.69) is 43.5 Å². The van der Waals surface area contributed by atoms with Crippen molar-refractivity contribution in [2.24, 2.45) is 5.84 Å². The van der Waals surface area contributed by atoms with E-state index in [1.54, 1.807) is 24.3 Å². The number of anilines is 2. The molecule has 1 heterocycles. The highest BCUT2D eigenvalue weighted by Crippen LogP contribution is 2.22. The molecule has 0 unspecified atom stereocenters. The molecule has 0 spiro atoms. The number of nitrogens with two attached hydrogens (primary N) is 1. The van der Waals surface area contributed by atoms with Gasteiger partial charge in [0.25, 0.3) is 5.91 Å². The SMILES string of the molecule is NNc1ccc(C(=O)Nc2ccc(Cl)cc2I)nn1. The standard InChI is InChI=1S/C11H9ClIN5O/c12-6-1-2-8(7(13)5-6)15-11(19)9-3-4-10(16-14)18-17-9/h1-5H,14H2,(H,15,19)(H,16,18). The largest absolute Gasteiger partial charge is 0.320 e. The second kappa shape index (κ2) is 6.13. The predicted molar refractivity (Wildman–Crippen MR) is 82.0 cm³/mol. The first-order valence-corrected chi connectivity index (χ1v) is 6.62. The zero-order valence-electron chi connectivity index (χ0n) is 9.52. The van der Waals surface area contributed by atoms with Gasteiger partial charge < -0.3 is 10.7 Å². The molecule has 0 aliphatic heterocycles. The molecule has 1 aromatic heterocycles. The average molecular weight is 390 g/mol. The minimum absolute atomic E-state index is 0.199. The fraction of sp³-hybridized carbons (Fsp3) is 0. The number of rotatable bonds is 3. The van der Waals surface area contributed by atoms with Gasteiger partial charge in [0.15, 0.2) is 11.5 Å². The van der Waals surface area contributed by atoms with E-state index >= 15 is 0 Å². The number of halogens is 2. The number of aromatic nitrogens is 2. The highest BCUT2D eigenvalue weighted by atomic mass is 127. The average Bonchev–Trinajstić information content (AvgIpc) is 2.42. The Balaban J connectivity index is 2.15. The number of carbonyl (C=O) groups excluding carboxylic acids is 1. The molecule has 1 aromatic carbocycles. The first-order valence-electron chi connectivity index (χ1n) is 5.17. The summed E-state index contributed by atoms with van der Waals surface area (Å²) < 4.78 is 0.839. The smallest absolute Gasteiger partial charge is 0.276 e. The topological polar surface area (TPSA) is 92.9 Å². The van der Waals surface area contributed by atoms with Crippen molar-refractivity contribution in [1.82, 2.24) is 10.2 Å². The number of carbonyl (C=O) groups is 1. The fourth-order valence-corrected chi connectivity index (χ4v) is 2.31. The van der Waals surface area contributed by atoms with Gasteiger partial charge in [-0.05, 0) is 52.9 Å². The summed E-state index contributed by atoms with van der Waals surface area (Å²) in [6.07, 6.45) is 0. The third-order valence-electron chi connectivity index (χ3n) is 2.22. The Morgan fingerprint density at radius 2 is 2.05 bits per heavy atom. The van der Waals surface area contributed by atoms with Crippen LogP contribution >= 0.6 is 34.2 Å². The fourth-order valence-electron chi connectivity index (χ4n) is 1.31. The van der Waals surface area contributed by atoms with Gasteiger partial charge >= 0.3 is 0 Å². The minimum atomic E-state index is -0.351. The van der Waals surface area contributed by atoms with Gasteiger partial charge in [0.1, 0.15) is 0 Å². The Hall–Kier alpha value is -1.45. The van der Waals surface area contributed by atoms with E-state index in [1.165, 1.54) is 6.07 Å². The highest BCUT2D eigenvalue weighted by molar-refractivity contribution is 14.1. The van der Waals surface area contributed by atoms with Gasteiger partial charge in [-0.3, -0.25) is 4.79 Å². The van der Waals surface area contributed by atoms with E-state index in [0.29, 0.717) is 16.5 Å². The van der Waals surface area contributed by atoms with Gasteiger partial charge in [-0.2, -0.15) is 0 Å². The van der Waals surface area contributed by atoms with Crippen LogP contribution in [0.1, 0.15) is 10.5 Å². The van der Waals surface area contributed by atoms with E-state index in [4.69, 9.17) is 17.4 Å². The second-order valence-corrected chi connectivity index (χ2v) is 5.13. The molecule has 98 valence electrons. The van der Waals surface area contributed by atoms with E-state index < -0.39 is 0 Å².